The van der Waals surface area contributed by atoms with E-state index in [1.54, 1.807) is 36.4 Å². The van der Waals surface area contributed by atoms with Gasteiger partial charge in [0.2, 0.25) is 5.88 Å². The summed E-state index contributed by atoms with van der Waals surface area (Å²) in [5.41, 5.74) is 1.86. The normalized spacial score (nSPS) is 12.7. The first kappa shape index (κ1) is 21.7. The summed E-state index contributed by atoms with van der Waals surface area (Å²) in [6.45, 7) is 1.28. The van der Waals surface area contributed by atoms with E-state index in [2.05, 4.69) is 10.3 Å². The maximum atomic E-state index is 12.8. The number of rotatable bonds is 5. The fraction of sp³-hybridized carbons (Fsp3) is 0.261. The van der Waals surface area contributed by atoms with Gasteiger partial charge in [-0.15, -0.1) is 0 Å². The third kappa shape index (κ3) is 4.40. The van der Waals surface area contributed by atoms with Crippen molar-refractivity contribution in [3.05, 3.63) is 58.1 Å². The molecule has 2 heterocycles. The monoisotopic (exact) mass is 456 g/mol. The van der Waals surface area contributed by atoms with Crippen LogP contribution >= 0.6 is 11.6 Å². The average molecular weight is 457 g/mol. The predicted molar refractivity (Wildman–Crippen MR) is 118 cm³/mol. The first-order valence-electron chi connectivity index (χ1n) is 9.93. The van der Waals surface area contributed by atoms with Crippen molar-refractivity contribution >= 4 is 34.4 Å². The highest BCUT2D eigenvalue weighted by Crippen LogP contribution is 2.31. The molecule has 8 nitrogen and oxygen atoms in total. The standard InChI is InChI=1S/C23H21ClN2O6/c1-29-22-17(23(28)30-2)10-14-8-16(24)9-15(20(14)26-22)12-25-21(27)13-4-5-18-19(11-13)32-7-3-6-31-18/h4-5,8-11H,3,6-7,12H2,1-2H3,(H,25,27). The molecule has 0 unspecified atom stereocenters. The number of nitrogens with zero attached hydrogens (tertiary/aromatic N) is 1. The topological polar surface area (TPSA) is 96.0 Å². The molecule has 1 aliphatic rings. The van der Waals surface area contributed by atoms with Crippen molar-refractivity contribution in [3.63, 3.8) is 0 Å². The fourth-order valence-electron chi connectivity index (χ4n) is 3.43. The maximum Gasteiger partial charge on any atom is 0.343 e. The summed E-state index contributed by atoms with van der Waals surface area (Å²) in [6.07, 6.45) is 0.784. The Balaban J connectivity index is 1.61. The molecule has 3 aromatic rings. The summed E-state index contributed by atoms with van der Waals surface area (Å²) in [5.74, 6) is 0.442. The Morgan fingerprint density at radius 3 is 2.62 bits per heavy atom. The summed E-state index contributed by atoms with van der Waals surface area (Å²) >= 11 is 6.27. The van der Waals surface area contributed by atoms with Crippen molar-refractivity contribution in [2.24, 2.45) is 0 Å². The second-order valence-electron chi connectivity index (χ2n) is 7.07. The Morgan fingerprint density at radius 1 is 1.09 bits per heavy atom. The van der Waals surface area contributed by atoms with Crippen LogP contribution in [0.1, 0.15) is 32.7 Å². The molecule has 1 amide bonds. The van der Waals surface area contributed by atoms with Gasteiger partial charge >= 0.3 is 5.97 Å². The van der Waals surface area contributed by atoms with E-state index in [0.29, 0.717) is 51.8 Å². The Hall–Kier alpha value is -3.52. The third-order valence-corrected chi connectivity index (χ3v) is 5.19. The van der Waals surface area contributed by atoms with Crippen molar-refractivity contribution < 1.29 is 28.5 Å². The van der Waals surface area contributed by atoms with Gasteiger partial charge in [0.1, 0.15) is 5.56 Å². The number of carbonyl (C=O) groups excluding carboxylic acids is 2. The van der Waals surface area contributed by atoms with Crippen molar-refractivity contribution in [2.45, 2.75) is 13.0 Å². The molecule has 0 spiro atoms. The number of hydrogen-bond donors (Lipinski definition) is 1. The van der Waals surface area contributed by atoms with Crippen molar-refractivity contribution in [1.29, 1.82) is 0 Å². The van der Waals surface area contributed by atoms with Gasteiger partial charge in [-0.1, -0.05) is 11.6 Å². The molecule has 9 heteroatoms. The summed E-state index contributed by atoms with van der Waals surface area (Å²) in [6, 6.07) is 10.1. The summed E-state index contributed by atoms with van der Waals surface area (Å²) in [4.78, 5) is 29.3. The first-order valence-corrected chi connectivity index (χ1v) is 10.3. The van der Waals surface area contributed by atoms with Gasteiger partial charge in [0.25, 0.3) is 5.91 Å². The van der Waals surface area contributed by atoms with Crippen LogP contribution in [0.15, 0.2) is 36.4 Å². The van der Waals surface area contributed by atoms with E-state index in [1.165, 1.54) is 14.2 Å². The van der Waals surface area contributed by atoms with E-state index >= 15 is 0 Å². The van der Waals surface area contributed by atoms with Crippen LogP contribution in [-0.4, -0.2) is 44.3 Å². The molecule has 0 saturated heterocycles. The molecule has 0 aliphatic carbocycles. The van der Waals surface area contributed by atoms with Crippen molar-refractivity contribution in [3.8, 4) is 17.4 Å². The number of amides is 1. The number of benzene rings is 2. The van der Waals surface area contributed by atoms with Gasteiger partial charge < -0.3 is 24.3 Å². The number of fused-ring (bicyclic) bond motifs is 2. The van der Waals surface area contributed by atoms with Crippen LogP contribution in [0.25, 0.3) is 10.9 Å². The highest BCUT2D eigenvalue weighted by Gasteiger charge is 2.19. The molecule has 0 radical (unpaired) electrons. The zero-order valence-electron chi connectivity index (χ0n) is 17.6. The van der Waals surface area contributed by atoms with Crippen LogP contribution in [0.5, 0.6) is 17.4 Å². The van der Waals surface area contributed by atoms with Gasteiger partial charge in [-0.2, -0.15) is 0 Å². The molecule has 1 N–H and O–H groups in total. The maximum absolute atomic E-state index is 12.8. The highest BCUT2D eigenvalue weighted by atomic mass is 35.5. The first-order chi connectivity index (χ1) is 15.5. The number of carbonyl (C=O) groups is 2. The zero-order chi connectivity index (χ0) is 22.7. The number of halogens is 1. The van der Waals surface area contributed by atoms with Crippen molar-refractivity contribution in [2.75, 3.05) is 27.4 Å². The lowest BCUT2D eigenvalue weighted by molar-refractivity contribution is 0.0596. The second-order valence-corrected chi connectivity index (χ2v) is 7.50. The minimum Gasteiger partial charge on any atom is -0.490 e. The lowest BCUT2D eigenvalue weighted by Crippen LogP contribution is -2.23. The van der Waals surface area contributed by atoms with E-state index in [9.17, 15) is 9.59 Å². The number of nitrogens with one attached hydrogen (secondary N) is 1. The second kappa shape index (κ2) is 9.32. The minimum atomic E-state index is -0.569. The van der Waals surface area contributed by atoms with Gasteiger partial charge in [0.15, 0.2) is 11.5 Å². The van der Waals surface area contributed by atoms with E-state index in [4.69, 9.17) is 30.5 Å². The van der Waals surface area contributed by atoms with Crippen LogP contribution in [0.3, 0.4) is 0 Å². The van der Waals surface area contributed by atoms with Crippen LogP contribution in [0.2, 0.25) is 5.02 Å². The number of hydrogen-bond acceptors (Lipinski definition) is 7. The summed E-state index contributed by atoms with van der Waals surface area (Å²) in [5, 5.41) is 3.94. The Labute approximate surface area is 189 Å². The zero-order valence-corrected chi connectivity index (χ0v) is 18.3. The molecular weight excluding hydrogens is 436 g/mol. The largest absolute Gasteiger partial charge is 0.490 e. The Kier molecular flexibility index (Phi) is 6.32. The average Bonchev–Trinajstić information content (AvgIpc) is 3.05. The third-order valence-electron chi connectivity index (χ3n) is 4.97. The lowest BCUT2D eigenvalue weighted by Gasteiger charge is -2.13. The number of aromatic nitrogens is 1. The molecule has 1 aromatic heterocycles. The quantitative estimate of drug-likeness (QED) is 0.583. The number of pyridine rings is 1. The fourth-order valence-corrected chi connectivity index (χ4v) is 3.68. The molecule has 166 valence electrons. The smallest absolute Gasteiger partial charge is 0.343 e. The molecule has 0 fully saturated rings. The minimum absolute atomic E-state index is 0.127. The van der Waals surface area contributed by atoms with E-state index < -0.39 is 5.97 Å². The number of esters is 1. The molecule has 1 aliphatic heterocycles. The molecule has 0 atom stereocenters. The van der Waals surface area contributed by atoms with Crippen LogP contribution < -0.4 is 19.5 Å². The van der Waals surface area contributed by atoms with Crippen LogP contribution in [-0.2, 0) is 11.3 Å². The molecule has 0 bridgehead atoms. The molecule has 0 saturated carbocycles. The molecule has 32 heavy (non-hydrogen) atoms. The SMILES string of the molecule is COC(=O)c1cc2cc(Cl)cc(CNC(=O)c3ccc4c(c3)OCCCO4)c2nc1OC. The number of methoxy groups -OCH3 is 2. The van der Waals surface area contributed by atoms with Gasteiger partial charge in [-0.25, -0.2) is 9.78 Å². The van der Waals surface area contributed by atoms with Crippen LogP contribution in [0.4, 0.5) is 0 Å². The predicted octanol–water partition coefficient (Wildman–Crippen LogP) is 3.77. The van der Waals surface area contributed by atoms with Gasteiger partial charge in [0, 0.05) is 28.9 Å². The Bertz CT molecular complexity index is 1200. The highest BCUT2D eigenvalue weighted by molar-refractivity contribution is 6.31. The summed E-state index contributed by atoms with van der Waals surface area (Å²) in [7, 11) is 2.70. The number of ether oxygens (including phenoxy) is 4. The Morgan fingerprint density at radius 2 is 1.88 bits per heavy atom. The lowest BCUT2D eigenvalue weighted by atomic mass is 10.1. The van der Waals surface area contributed by atoms with Gasteiger partial charge in [0.05, 0.1) is 33.0 Å². The molecular formula is C23H21ClN2O6. The van der Waals surface area contributed by atoms with Gasteiger partial charge in [-0.05, 0) is 42.0 Å². The summed E-state index contributed by atoms with van der Waals surface area (Å²) < 4.78 is 21.3. The van der Waals surface area contributed by atoms with Crippen molar-refractivity contribution in [1.82, 2.24) is 10.3 Å². The molecule has 4 rings (SSSR count). The van der Waals surface area contributed by atoms with Crippen LogP contribution in [0, 0.1) is 0 Å². The van der Waals surface area contributed by atoms with E-state index in [-0.39, 0.29) is 23.9 Å². The molecule has 2 aromatic carbocycles. The van der Waals surface area contributed by atoms with E-state index in [0.717, 1.165) is 6.42 Å². The van der Waals surface area contributed by atoms with Gasteiger partial charge in [-0.3, -0.25) is 4.79 Å². The van der Waals surface area contributed by atoms with E-state index in [1.807, 2.05) is 0 Å².